The molecule has 1 amide bonds. The Morgan fingerprint density at radius 3 is 2.73 bits per heavy atom. The second kappa shape index (κ2) is 5.85. The smallest absolute Gasteiger partial charge is 0.260 e. The molecular weight excluding hydrogens is 278 g/mol. The molecule has 3 rings (SSSR count). The fraction of sp³-hybridized carbons (Fsp3) is 0.188. The molecule has 0 radical (unpaired) electrons. The van der Waals surface area contributed by atoms with Crippen LogP contribution in [0.15, 0.2) is 48.8 Å². The molecule has 2 aromatic heterocycles. The molecule has 2 heterocycles. The number of carbonyl (C=O) groups is 1. The van der Waals surface area contributed by atoms with Crippen molar-refractivity contribution in [2.24, 2.45) is 7.05 Å². The van der Waals surface area contributed by atoms with Gasteiger partial charge in [0.25, 0.3) is 5.91 Å². The molecule has 0 saturated heterocycles. The third kappa shape index (κ3) is 3.06. The average molecular weight is 295 g/mol. The molecule has 0 spiro atoms. The standard InChI is InChI=1S/C16H17N5O/c1-12-8-15(18-16(22)14-9-17-20(2)11-14)19-21(12)10-13-6-4-3-5-7-13/h3-9,11H,10H2,1-2H3,(H,18,19,22). The summed E-state index contributed by atoms with van der Waals surface area (Å²) in [5.74, 6) is 0.333. The van der Waals surface area contributed by atoms with Gasteiger partial charge in [0.15, 0.2) is 5.82 Å². The Labute approximate surface area is 128 Å². The molecular formula is C16H17N5O. The second-order valence-electron chi connectivity index (χ2n) is 5.17. The minimum absolute atomic E-state index is 0.211. The zero-order valence-electron chi connectivity index (χ0n) is 12.5. The Hall–Kier alpha value is -2.89. The zero-order chi connectivity index (χ0) is 15.5. The first kappa shape index (κ1) is 14.1. The summed E-state index contributed by atoms with van der Waals surface area (Å²) in [6.45, 7) is 2.64. The predicted octanol–water partition coefficient (Wildman–Crippen LogP) is 2.23. The number of nitrogens with zero attached hydrogens (tertiary/aromatic N) is 4. The molecule has 0 atom stereocenters. The number of anilines is 1. The predicted molar refractivity (Wildman–Crippen MR) is 83.7 cm³/mol. The van der Waals surface area contributed by atoms with E-state index in [1.807, 2.05) is 35.9 Å². The molecule has 0 fully saturated rings. The number of benzene rings is 1. The largest absolute Gasteiger partial charge is 0.305 e. The molecule has 0 aliphatic rings. The maximum atomic E-state index is 12.1. The van der Waals surface area contributed by atoms with Gasteiger partial charge in [0.05, 0.1) is 18.3 Å². The molecule has 0 aliphatic heterocycles. The molecule has 6 heteroatoms. The number of hydrogen-bond donors (Lipinski definition) is 1. The van der Waals surface area contributed by atoms with E-state index in [-0.39, 0.29) is 5.91 Å². The summed E-state index contributed by atoms with van der Waals surface area (Å²) in [6.07, 6.45) is 3.20. The lowest BCUT2D eigenvalue weighted by Gasteiger charge is -2.04. The number of carbonyl (C=O) groups excluding carboxylic acids is 1. The normalized spacial score (nSPS) is 10.6. The zero-order valence-corrected chi connectivity index (χ0v) is 12.5. The van der Waals surface area contributed by atoms with E-state index in [1.165, 1.54) is 11.8 Å². The number of amides is 1. The Bertz CT molecular complexity index is 788. The molecule has 0 aliphatic carbocycles. The van der Waals surface area contributed by atoms with Gasteiger partial charge in [-0.1, -0.05) is 30.3 Å². The van der Waals surface area contributed by atoms with Crippen LogP contribution in [0, 0.1) is 6.92 Å². The Balaban J connectivity index is 1.73. The summed E-state index contributed by atoms with van der Waals surface area (Å²) < 4.78 is 3.46. The van der Waals surface area contributed by atoms with Crippen LogP contribution in [0.5, 0.6) is 0 Å². The van der Waals surface area contributed by atoms with Crippen LogP contribution in [0.3, 0.4) is 0 Å². The van der Waals surface area contributed by atoms with Crippen LogP contribution in [-0.4, -0.2) is 25.5 Å². The van der Waals surface area contributed by atoms with Crippen LogP contribution < -0.4 is 5.32 Å². The summed E-state index contributed by atoms with van der Waals surface area (Å²) in [5.41, 5.74) is 2.67. The molecule has 0 saturated carbocycles. The van der Waals surface area contributed by atoms with Gasteiger partial charge in [-0.25, -0.2) is 0 Å². The van der Waals surface area contributed by atoms with E-state index in [0.29, 0.717) is 17.9 Å². The van der Waals surface area contributed by atoms with Crippen molar-refractivity contribution in [2.75, 3.05) is 5.32 Å². The van der Waals surface area contributed by atoms with Crippen molar-refractivity contribution < 1.29 is 4.79 Å². The summed E-state index contributed by atoms with van der Waals surface area (Å²) >= 11 is 0. The van der Waals surface area contributed by atoms with Crippen LogP contribution in [0.4, 0.5) is 5.82 Å². The van der Waals surface area contributed by atoms with E-state index < -0.39 is 0 Å². The van der Waals surface area contributed by atoms with Gasteiger partial charge in [-0.15, -0.1) is 0 Å². The average Bonchev–Trinajstić information content (AvgIpc) is 3.07. The first-order valence-corrected chi connectivity index (χ1v) is 7.00. The van der Waals surface area contributed by atoms with Gasteiger partial charge in [-0.3, -0.25) is 14.2 Å². The number of nitrogens with one attached hydrogen (secondary N) is 1. The maximum absolute atomic E-state index is 12.1. The van der Waals surface area contributed by atoms with Gasteiger partial charge in [0.2, 0.25) is 0 Å². The molecule has 6 nitrogen and oxygen atoms in total. The van der Waals surface area contributed by atoms with Crippen molar-refractivity contribution in [2.45, 2.75) is 13.5 Å². The first-order chi connectivity index (χ1) is 10.6. The van der Waals surface area contributed by atoms with Gasteiger partial charge in [-0.05, 0) is 12.5 Å². The van der Waals surface area contributed by atoms with Gasteiger partial charge < -0.3 is 5.32 Å². The topological polar surface area (TPSA) is 64.7 Å². The van der Waals surface area contributed by atoms with E-state index in [2.05, 4.69) is 27.6 Å². The number of aryl methyl sites for hydroxylation is 2. The SMILES string of the molecule is Cc1cc(NC(=O)c2cnn(C)c2)nn1Cc1ccccc1. The van der Waals surface area contributed by atoms with Crippen LogP contribution in [-0.2, 0) is 13.6 Å². The van der Waals surface area contributed by atoms with Crippen molar-refractivity contribution >= 4 is 11.7 Å². The lowest BCUT2D eigenvalue weighted by Crippen LogP contribution is -2.12. The third-order valence-electron chi connectivity index (χ3n) is 3.37. The van der Waals surface area contributed by atoms with Gasteiger partial charge in [0.1, 0.15) is 0 Å². The van der Waals surface area contributed by atoms with Crippen molar-refractivity contribution in [1.29, 1.82) is 0 Å². The van der Waals surface area contributed by atoms with E-state index in [0.717, 1.165) is 5.69 Å². The third-order valence-corrected chi connectivity index (χ3v) is 3.37. The summed E-state index contributed by atoms with van der Waals surface area (Å²) in [6, 6.07) is 11.9. The number of hydrogen-bond acceptors (Lipinski definition) is 3. The van der Waals surface area contributed by atoms with Gasteiger partial charge in [-0.2, -0.15) is 10.2 Å². The highest BCUT2D eigenvalue weighted by molar-refractivity contribution is 6.03. The quantitative estimate of drug-likeness (QED) is 0.802. The Morgan fingerprint density at radius 1 is 1.27 bits per heavy atom. The molecule has 3 aromatic rings. The Morgan fingerprint density at radius 2 is 2.05 bits per heavy atom. The van der Waals surface area contributed by atoms with Gasteiger partial charge in [0, 0.05) is 25.0 Å². The van der Waals surface area contributed by atoms with Crippen molar-refractivity contribution in [3.8, 4) is 0 Å². The molecule has 0 bridgehead atoms. The first-order valence-electron chi connectivity index (χ1n) is 7.00. The van der Waals surface area contributed by atoms with Crippen LogP contribution >= 0.6 is 0 Å². The lowest BCUT2D eigenvalue weighted by molar-refractivity contribution is 0.102. The summed E-state index contributed by atoms with van der Waals surface area (Å²) in [7, 11) is 1.77. The Kier molecular flexibility index (Phi) is 3.74. The van der Waals surface area contributed by atoms with Crippen LogP contribution in [0.1, 0.15) is 21.6 Å². The van der Waals surface area contributed by atoms with Gasteiger partial charge >= 0.3 is 0 Å². The molecule has 112 valence electrons. The minimum Gasteiger partial charge on any atom is -0.305 e. The van der Waals surface area contributed by atoms with Crippen molar-refractivity contribution in [1.82, 2.24) is 19.6 Å². The fourth-order valence-electron chi connectivity index (χ4n) is 2.21. The summed E-state index contributed by atoms with van der Waals surface area (Å²) in [4.78, 5) is 12.1. The van der Waals surface area contributed by atoms with E-state index in [4.69, 9.17) is 0 Å². The molecule has 1 N–H and O–H groups in total. The maximum Gasteiger partial charge on any atom is 0.260 e. The highest BCUT2D eigenvalue weighted by Gasteiger charge is 2.11. The highest BCUT2D eigenvalue weighted by Crippen LogP contribution is 2.12. The van der Waals surface area contributed by atoms with Crippen molar-refractivity contribution in [3.05, 3.63) is 65.6 Å². The molecule has 1 aromatic carbocycles. The van der Waals surface area contributed by atoms with Crippen molar-refractivity contribution in [3.63, 3.8) is 0 Å². The van der Waals surface area contributed by atoms with Crippen LogP contribution in [0.25, 0.3) is 0 Å². The molecule has 0 unspecified atom stereocenters. The van der Waals surface area contributed by atoms with Crippen LogP contribution in [0.2, 0.25) is 0 Å². The summed E-state index contributed by atoms with van der Waals surface area (Å²) in [5, 5.41) is 11.2. The monoisotopic (exact) mass is 295 g/mol. The number of rotatable bonds is 4. The van der Waals surface area contributed by atoms with E-state index >= 15 is 0 Å². The minimum atomic E-state index is -0.211. The fourth-order valence-corrected chi connectivity index (χ4v) is 2.21. The second-order valence-corrected chi connectivity index (χ2v) is 5.17. The highest BCUT2D eigenvalue weighted by atomic mass is 16.1. The van der Waals surface area contributed by atoms with E-state index in [9.17, 15) is 4.79 Å². The number of aromatic nitrogens is 4. The molecule has 22 heavy (non-hydrogen) atoms. The lowest BCUT2D eigenvalue weighted by atomic mass is 10.2. The van der Waals surface area contributed by atoms with E-state index in [1.54, 1.807) is 17.9 Å².